The molecule has 0 aliphatic heterocycles. The number of carboxylic acids is 1. The molecule has 0 amide bonds. The van der Waals surface area contributed by atoms with Gasteiger partial charge in [0, 0.05) is 66.0 Å². The van der Waals surface area contributed by atoms with Gasteiger partial charge in [0.1, 0.15) is 0 Å². The number of aliphatic hydroxyl groups is 6. The number of ether oxygens (including phenoxy) is 2. The van der Waals surface area contributed by atoms with Gasteiger partial charge in [-0.1, -0.05) is 176 Å². The summed E-state index contributed by atoms with van der Waals surface area (Å²) >= 11 is 19.7. The normalized spacial score (nSPS) is 24.5. The molecule has 0 radical (unpaired) electrons. The van der Waals surface area contributed by atoms with Crippen LogP contribution in [-0.2, 0) is 23.9 Å². The summed E-state index contributed by atoms with van der Waals surface area (Å²) < 4.78 is 10.3. The third kappa shape index (κ3) is 29.6. The number of hydrogen-bond donors (Lipinski definition) is 7. The zero-order valence-electron chi connectivity index (χ0n) is 57.0. The Morgan fingerprint density at radius 3 is 1.13 bits per heavy atom. The predicted octanol–water partition coefficient (Wildman–Crippen LogP) is 17.9. The lowest BCUT2D eigenvalue weighted by Gasteiger charge is -2.23. The average molecular weight is 1350 g/mol. The largest absolute Gasteiger partial charge is 0.481 e. The molecular formula is C78H115Cl3O12. The van der Waals surface area contributed by atoms with Gasteiger partial charge in [0.05, 0.1) is 48.8 Å². The molecule has 0 spiro atoms. The lowest BCUT2D eigenvalue weighted by atomic mass is 9.84. The van der Waals surface area contributed by atoms with E-state index in [-0.39, 0.29) is 82.2 Å². The molecule has 0 saturated heterocycles. The van der Waals surface area contributed by atoms with Gasteiger partial charge in [0.2, 0.25) is 0 Å². The molecule has 6 rings (SSSR count). The predicted molar refractivity (Wildman–Crippen MR) is 378 cm³/mol. The molecule has 3 aromatic carbocycles. The van der Waals surface area contributed by atoms with Crippen molar-refractivity contribution in [1.82, 2.24) is 0 Å². The molecule has 3 fully saturated rings. The minimum Gasteiger partial charge on any atom is -0.481 e. The second-order valence-corrected chi connectivity index (χ2v) is 28.3. The van der Waals surface area contributed by atoms with Crippen molar-refractivity contribution in [2.45, 2.75) is 305 Å². The topological polar surface area (TPSA) is 211 Å². The number of unbranched alkanes of at least 4 members (excludes halogenated alkanes) is 9. The maximum absolute atomic E-state index is 11.6. The van der Waals surface area contributed by atoms with E-state index in [4.69, 9.17) is 49.4 Å². The first-order valence-electron chi connectivity index (χ1n) is 35.3. The van der Waals surface area contributed by atoms with E-state index >= 15 is 0 Å². The van der Waals surface area contributed by atoms with E-state index in [9.17, 15) is 45.0 Å². The summed E-state index contributed by atoms with van der Waals surface area (Å²) in [4.78, 5) is 33.7. The molecule has 3 aliphatic rings. The fourth-order valence-corrected chi connectivity index (χ4v) is 14.6. The molecule has 0 heterocycles. The third-order valence-corrected chi connectivity index (χ3v) is 19.8. The number of carbonyl (C=O) groups excluding carboxylic acids is 2. The number of carbonyl (C=O) groups is 3. The number of rotatable bonds is 36. The van der Waals surface area contributed by atoms with Crippen LogP contribution in [0.1, 0.15) is 291 Å². The number of aliphatic hydroxyl groups excluding tert-OH is 6. The molecule has 520 valence electrons. The summed E-state index contributed by atoms with van der Waals surface area (Å²) in [6.45, 7) is 13.9. The maximum Gasteiger partial charge on any atom is 0.306 e. The van der Waals surface area contributed by atoms with E-state index in [2.05, 4.69) is 56.9 Å². The van der Waals surface area contributed by atoms with Crippen LogP contribution >= 0.6 is 34.8 Å². The number of hydrogen-bond acceptors (Lipinski definition) is 11. The molecule has 0 unspecified atom stereocenters. The van der Waals surface area contributed by atoms with Crippen LogP contribution in [0.25, 0.3) is 0 Å². The van der Waals surface area contributed by atoms with Crippen molar-refractivity contribution < 1.29 is 59.6 Å². The van der Waals surface area contributed by atoms with Gasteiger partial charge in [-0.3, -0.25) is 14.4 Å². The van der Waals surface area contributed by atoms with E-state index in [1.54, 1.807) is 0 Å². The number of allylic oxidation sites excluding steroid dienone is 4. The van der Waals surface area contributed by atoms with Gasteiger partial charge in [-0.15, -0.1) is 46.6 Å². The van der Waals surface area contributed by atoms with Gasteiger partial charge in [0.15, 0.2) is 0 Å². The SMILES string of the molecule is CCCCC[C@@H](O)c1ccc([C@@H]2[C@@H](C/C=C\CCCC(=O)OC(C)C)[C@H](Cl)C[C@H]2O)cc1.CCCCC[C@@H](O)c1ccc([C@@H]2[C@@H](CC#CCCCC(=O)O)[C@H](Cl)C[C@H]2O)cc1.CCCCC[C@H](O)c1ccc([C@@H]2[C@@H](C/C=C\CCCC(=O)OC(C)C)[C@H](Cl)C[C@H]2O)cc1. The average Bonchev–Trinajstić information content (AvgIpc) is 1.71. The van der Waals surface area contributed by atoms with E-state index in [1.165, 1.54) is 0 Å². The van der Waals surface area contributed by atoms with Crippen LogP contribution in [0.2, 0.25) is 0 Å². The van der Waals surface area contributed by atoms with Crippen molar-refractivity contribution >= 4 is 52.7 Å². The van der Waals surface area contributed by atoms with E-state index in [0.717, 1.165) is 149 Å². The fourth-order valence-electron chi connectivity index (χ4n) is 13.2. The van der Waals surface area contributed by atoms with Gasteiger partial charge < -0.3 is 45.2 Å². The van der Waals surface area contributed by atoms with E-state index < -0.39 is 42.6 Å². The summed E-state index contributed by atoms with van der Waals surface area (Å²) in [5, 5.41) is 71.4. The molecule has 3 aromatic rings. The van der Waals surface area contributed by atoms with Crippen LogP contribution in [0.3, 0.4) is 0 Å². The standard InChI is InChI=1S/2C27H41ClO4.C24H33ClO4/c2*1-4-5-8-12-24(29)20-14-16-21(17-15-20)27-22(23(28)18-25(27)30)11-9-6-7-10-13-26(31)32-19(2)3;1-2-3-6-10-21(26)17-12-14-18(15-13-17)24-19(20(25)16-22(24)27)9-7-4-5-8-11-23(28)29/h2*6,9,14-17,19,22-25,27,29-30H,4-5,7-8,10-13,18H2,1-3H3;12-15,19-22,24,26-27H,2-3,5-6,8-11,16H2,1H3,(H,28,29)/b2*9-6-;/t22-,23+,24+,25+,27+;22-,23+,24-,25+,27+;19-,20+,21+,22+,24+/m000/s1. The van der Waals surface area contributed by atoms with Crippen LogP contribution in [0.15, 0.2) is 97.1 Å². The van der Waals surface area contributed by atoms with Crippen molar-refractivity contribution in [3.8, 4) is 11.8 Å². The molecule has 0 aromatic heterocycles. The molecule has 0 bridgehead atoms. The van der Waals surface area contributed by atoms with Crippen molar-refractivity contribution in [2.75, 3.05) is 0 Å². The fraction of sp³-hybridized carbons (Fsp3) is 0.654. The van der Waals surface area contributed by atoms with Crippen LogP contribution in [0.5, 0.6) is 0 Å². The molecule has 7 N–H and O–H groups in total. The summed E-state index contributed by atoms with van der Waals surface area (Å²) in [6.07, 6.45) is 27.0. The lowest BCUT2D eigenvalue weighted by Crippen LogP contribution is -2.18. The number of benzene rings is 3. The number of esters is 2. The molecule has 3 saturated carbocycles. The smallest absolute Gasteiger partial charge is 0.306 e. The van der Waals surface area contributed by atoms with Gasteiger partial charge in [-0.2, -0.15) is 0 Å². The first-order chi connectivity index (χ1) is 44.6. The zero-order chi connectivity index (χ0) is 68.2. The maximum atomic E-state index is 11.6. The Balaban J connectivity index is 0.000000298. The van der Waals surface area contributed by atoms with Crippen LogP contribution in [0, 0.1) is 29.6 Å². The lowest BCUT2D eigenvalue weighted by molar-refractivity contribution is -0.148. The molecule has 12 nitrogen and oxygen atoms in total. The Hall–Kier alpha value is -4.26. The Labute approximate surface area is 573 Å². The van der Waals surface area contributed by atoms with Crippen molar-refractivity contribution in [3.63, 3.8) is 0 Å². The summed E-state index contributed by atoms with van der Waals surface area (Å²) in [6, 6.07) is 24.0. The highest BCUT2D eigenvalue weighted by Crippen LogP contribution is 2.47. The monoisotopic (exact) mass is 1350 g/mol. The first kappa shape index (κ1) is 81.2. The minimum absolute atomic E-state index is 0.00514. The first-order valence-corrected chi connectivity index (χ1v) is 36.6. The molecule has 15 heteroatoms. The molecule has 15 atom stereocenters. The summed E-state index contributed by atoms with van der Waals surface area (Å²) in [5.41, 5.74) is 5.98. The second-order valence-electron chi connectivity index (χ2n) is 26.6. The Morgan fingerprint density at radius 2 is 0.806 bits per heavy atom. The number of carboxylic acid groups (broad SMARTS) is 1. The Morgan fingerprint density at radius 1 is 0.473 bits per heavy atom. The Kier molecular flexibility index (Phi) is 39.5. The number of alkyl halides is 3. The molecular weight excluding hydrogens is 1240 g/mol. The van der Waals surface area contributed by atoms with E-state index in [1.807, 2.05) is 100 Å². The van der Waals surface area contributed by atoms with Crippen LogP contribution in [0.4, 0.5) is 0 Å². The van der Waals surface area contributed by atoms with E-state index in [0.29, 0.717) is 51.4 Å². The summed E-state index contributed by atoms with van der Waals surface area (Å²) in [7, 11) is 0. The van der Waals surface area contributed by atoms with Gasteiger partial charge in [-0.05, 0) is 162 Å². The Bertz CT molecular complexity index is 2550. The highest BCUT2D eigenvalue weighted by Gasteiger charge is 2.44. The van der Waals surface area contributed by atoms with Crippen molar-refractivity contribution in [3.05, 3.63) is 130 Å². The highest BCUT2D eigenvalue weighted by atomic mass is 35.5. The van der Waals surface area contributed by atoms with Gasteiger partial charge in [-0.25, -0.2) is 0 Å². The van der Waals surface area contributed by atoms with Gasteiger partial charge >= 0.3 is 17.9 Å². The molecule has 93 heavy (non-hydrogen) atoms. The number of halogens is 3. The quantitative estimate of drug-likeness (QED) is 0.00953. The third-order valence-electron chi connectivity index (χ3n) is 18.3. The van der Waals surface area contributed by atoms with Crippen molar-refractivity contribution in [1.29, 1.82) is 0 Å². The minimum atomic E-state index is -0.800. The highest BCUT2D eigenvalue weighted by molar-refractivity contribution is 6.21. The molecule has 3 aliphatic carbocycles. The second kappa shape index (κ2) is 45.3. The zero-order valence-corrected chi connectivity index (χ0v) is 59.2. The van der Waals surface area contributed by atoms with Crippen LogP contribution < -0.4 is 0 Å². The number of aliphatic carboxylic acids is 1. The van der Waals surface area contributed by atoms with Crippen molar-refractivity contribution in [2.24, 2.45) is 17.8 Å². The van der Waals surface area contributed by atoms with Crippen LogP contribution in [-0.4, -0.2) is 100 Å². The summed E-state index contributed by atoms with van der Waals surface area (Å²) in [5.74, 6) is 5.37. The van der Waals surface area contributed by atoms with Gasteiger partial charge in [0.25, 0.3) is 0 Å².